The smallest absolute Gasteiger partial charge is 0.307 e. The Kier molecular flexibility index (Phi) is 6.65. The van der Waals surface area contributed by atoms with Gasteiger partial charge in [0.05, 0.1) is 5.92 Å². The van der Waals surface area contributed by atoms with Crippen LogP contribution in [0.4, 0.5) is 0 Å². The van der Waals surface area contributed by atoms with Crippen molar-refractivity contribution in [2.45, 2.75) is 46.1 Å². The molecule has 0 aromatic heterocycles. The molecule has 2 unspecified atom stereocenters. The average Bonchev–Trinajstić information content (AvgIpc) is 2.34. The third kappa shape index (κ3) is 5.36. The van der Waals surface area contributed by atoms with Crippen molar-refractivity contribution >= 4 is 5.97 Å². The summed E-state index contributed by atoms with van der Waals surface area (Å²) >= 11 is 0. The van der Waals surface area contributed by atoms with Gasteiger partial charge in [-0.25, -0.2) is 0 Å². The molecular formula is C14H27NO3. The Bertz CT molecular complexity index is 249. The molecule has 0 radical (unpaired) electrons. The summed E-state index contributed by atoms with van der Waals surface area (Å²) < 4.78 is 5.34. The van der Waals surface area contributed by atoms with Crippen LogP contribution in [0.15, 0.2) is 0 Å². The Morgan fingerprint density at radius 1 is 1.33 bits per heavy atom. The summed E-state index contributed by atoms with van der Waals surface area (Å²) in [6.45, 7) is 8.54. The molecule has 0 amide bonds. The predicted octanol–water partition coefficient (Wildman–Crippen LogP) is 2.14. The highest BCUT2D eigenvalue weighted by Gasteiger charge is 2.23. The maximum atomic E-state index is 11.2. The Morgan fingerprint density at radius 2 is 1.94 bits per heavy atom. The molecule has 4 nitrogen and oxygen atoms in total. The molecule has 0 aromatic rings. The molecule has 1 heterocycles. The first-order valence-corrected chi connectivity index (χ1v) is 7.04. The summed E-state index contributed by atoms with van der Waals surface area (Å²) in [5.74, 6) is 0.0844. The molecule has 1 rings (SSSR count). The number of hydrogen-bond donors (Lipinski definition) is 2. The molecule has 0 aliphatic carbocycles. The van der Waals surface area contributed by atoms with Gasteiger partial charge in [0.1, 0.15) is 0 Å². The summed E-state index contributed by atoms with van der Waals surface area (Å²) in [6.07, 6.45) is 2.90. The number of hydrogen-bond acceptors (Lipinski definition) is 3. The number of nitrogens with one attached hydrogen (secondary N) is 1. The van der Waals surface area contributed by atoms with Crippen molar-refractivity contribution in [2.24, 2.45) is 17.8 Å². The van der Waals surface area contributed by atoms with E-state index in [1.165, 1.54) is 0 Å². The lowest BCUT2D eigenvalue weighted by Crippen LogP contribution is -2.40. The van der Waals surface area contributed by atoms with Gasteiger partial charge in [-0.2, -0.15) is 0 Å². The van der Waals surface area contributed by atoms with Gasteiger partial charge in [-0.05, 0) is 38.0 Å². The molecular weight excluding hydrogens is 230 g/mol. The second kappa shape index (κ2) is 7.74. The van der Waals surface area contributed by atoms with Crippen LogP contribution >= 0.6 is 0 Å². The van der Waals surface area contributed by atoms with E-state index in [2.05, 4.69) is 26.1 Å². The van der Waals surface area contributed by atoms with Gasteiger partial charge in [0, 0.05) is 25.8 Å². The van der Waals surface area contributed by atoms with Crippen LogP contribution in [-0.4, -0.2) is 36.9 Å². The van der Waals surface area contributed by atoms with E-state index in [9.17, 15) is 9.90 Å². The highest BCUT2D eigenvalue weighted by molar-refractivity contribution is 5.70. The van der Waals surface area contributed by atoms with Crippen LogP contribution in [0, 0.1) is 17.8 Å². The summed E-state index contributed by atoms with van der Waals surface area (Å²) in [5.41, 5.74) is 0. The zero-order valence-corrected chi connectivity index (χ0v) is 11.8. The standard InChI is InChI=1S/C14H27NO3/c1-10(2)8-13(14(16)17)9-15-11(3)12-4-6-18-7-5-12/h10-13,15H,4-9H2,1-3H3,(H,16,17). The maximum absolute atomic E-state index is 11.2. The fraction of sp³-hybridized carbons (Fsp3) is 0.929. The number of carboxylic acids is 1. The van der Waals surface area contributed by atoms with Crippen LogP contribution in [0.1, 0.15) is 40.0 Å². The Morgan fingerprint density at radius 3 is 2.44 bits per heavy atom. The zero-order chi connectivity index (χ0) is 13.5. The highest BCUT2D eigenvalue weighted by Crippen LogP contribution is 2.19. The normalized spacial score (nSPS) is 20.9. The van der Waals surface area contributed by atoms with E-state index < -0.39 is 5.97 Å². The highest BCUT2D eigenvalue weighted by atomic mass is 16.5. The van der Waals surface area contributed by atoms with Gasteiger partial charge < -0.3 is 15.2 Å². The van der Waals surface area contributed by atoms with E-state index >= 15 is 0 Å². The number of rotatable bonds is 7. The molecule has 1 aliphatic heterocycles. The first kappa shape index (κ1) is 15.4. The maximum Gasteiger partial charge on any atom is 0.307 e. The van der Waals surface area contributed by atoms with Crippen LogP contribution in [0.5, 0.6) is 0 Å². The SMILES string of the molecule is CC(C)CC(CNC(C)C1CCOCC1)C(=O)O. The van der Waals surface area contributed by atoms with Crippen LogP contribution in [0.2, 0.25) is 0 Å². The topological polar surface area (TPSA) is 58.6 Å². The van der Waals surface area contributed by atoms with Crippen molar-refractivity contribution in [3.05, 3.63) is 0 Å². The minimum absolute atomic E-state index is 0.271. The van der Waals surface area contributed by atoms with Gasteiger partial charge in [-0.3, -0.25) is 4.79 Å². The van der Waals surface area contributed by atoms with Gasteiger partial charge >= 0.3 is 5.97 Å². The lowest BCUT2D eigenvalue weighted by molar-refractivity contribution is -0.142. The number of aliphatic carboxylic acids is 1. The van der Waals surface area contributed by atoms with E-state index in [1.807, 2.05) is 0 Å². The van der Waals surface area contributed by atoms with Crippen LogP contribution in [0.3, 0.4) is 0 Å². The minimum atomic E-state index is -0.685. The van der Waals surface area contributed by atoms with Crippen molar-refractivity contribution in [1.29, 1.82) is 0 Å². The molecule has 2 atom stereocenters. The quantitative estimate of drug-likeness (QED) is 0.733. The average molecular weight is 257 g/mol. The Balaban J connectivity index is 2.33. The molecule has 0 spiro atoms. The first-order chi connectivity index (χ1) is 8.50. The van der Waals surface area contributed by atoms with E-state index in [0.717, 1.165) is 32.5 Å². The third-order valence-corrected chi connectivity index (χ3v) is 3.76. The molecule has 1 fully saturated rings. The van der Waals surface area contributed by atoms with Gasteiger partial charge in [0.2, 0.25) is 0 Å². The van der Waals surface area contributed by atoms with Crippen LogP contribution < -0.4 is 5.32 Å². The summed E-state index contributed by atoms with van der Waals surface area (Å²) in [6, 6.07) is 0.378. The van der Waals surface area contributed by atoms with E-state index in [-0.39, 0.29) is 5.92 Å². The van der Waals surface area contributed by atoms with E-state index in [4.69, 9.17) is 4.74 Å². The molecule has 1 saturated heterocycles. The summed E-state index contributed by atoms with van der Waals surface area (Å²) in [4.78, 5) is 11.2. The molecule has 0 aromatic carbocycles. The minimum Gasteiger partial charge on any atom is -0.481 e. The van der Waals surface area contributed by atoms with Crippen molar-refractivity contribution in [3.63, 3.8) is 0 Å². The first-order valence-electron chi connectivity index (χ1n) is 7.04. The number of carboxylic acid groups (broad SMARTS) is 1. The molecule has 0 bridgehead atoms. The molecule has 1 aliphatic rings. The van der Waals surface area contributed by atoms with Crippen LogP contribution in [-0.2, 0) is 9.53 Å². The predicted molar refractivity (Wildman–Crippen MR) is 71.6 cm³/mol. The van der Waals surface area contributed by atoms with Crippen molar-refractivity contribution in [1.82, 2.24) is 5.32 Å². The molecule has 0 saturated carbocycles. The van der Waals surface area contributed by atoms with E-state index in [0.29, 0.717) is 24.4 Å². The van der Waals surface area contributed by atoms with Gasteiger partial charge in [0.15, 0.2) is 0 Å². The molecule has 2 N–H and O–H groups in total. The number of carbonyl (C=O) groups is 1. The summed E-state index contributed by atoms with van der Waals surface area (Å²) in [5, 5.41) is 12.6. The lowest BCUT2D eigenvalue weighted by atomic mass is 9.91. The number of ether oxygens (including phenoxy) is 1. The Labute approximate surface area is 110 Å². The monoisotopic (exact) mass is 257 g/mol. The van der Waals surface area contributed by atoms with Crippen molar-refractivity contribution < 1.29 is 14.6 Å². The second-order valence-corrected chi connectivity index (χ2v) is 5.81. The van der Waals surface area contributed by atoms with Crippen molar-refractivity contribution in [2.75, 3.05) is 19.8 Å². The van der Waals surface area contributed by atoms with Gasteiger partial charge in [-0.15, -0.1) is 0 Å². The fourth-order valence-electron chi connectivity index (χ4n) is 2.55. The third-order valence-electron chi connectivity index (χ3n) is 3.76. The Hall–Kier alpha value is -0.610. The van der Waals surface area contributed by atoms with Gasteiger partial charge in [-0.1, -0.05) is 13.8 Å². The lowest BCUT2D eigenvalue weighted by Gasteiger charge is -2.29. The zero-order valence-electron chi connectivity index (χ0n) is 11.8. The second-order valence-electron chi connectivity index (χ2n) is 5.81. The fourth-order valence-corrected chi connectivity index (χ4v) is 2.55. The molecule has 106 valence electrons. The van der Waals surface area contributed by atoms with E-state index in [1.54, 1.807) is 0 Å². The molecule has 18 heavy (non-hydrogen) atoms. The van der Waals surface area contributed by atoms with Crippen molar-refractivity contribution in [3.8, 4) is 0 Å². The molecule has 4 heteroatoms. The largest absolute Gasteiger partial charge is 0.481 e. The summed E-state index contributed by atoms with van der Waals surface area (Å²) in [7, 11) is 0. The van der Waals surface area contributed by atoms with Gasteiger partial charge in [0.25, 0.3) is 0 Å². The van der Waals surface area contributed by atoms with Crippen LogP contribution in [0.25, 0.3) is 0 Å².